The average Bonchev–Trinajstić information content (AvgIpc) is 2.29. The van der Waals surface area contributed by atoms with Crippen molar-refractivity contribution in [1.82, 2.24) is 5.32 Å². The lowest BCUT2D eigenvalue weighted by Gasteiger charge is -2.15. The molecular weight excluding hydrogens is 210 g/mol. The van der Waals surface area contributed by atoms with Gasteiger partial charge in [0.1, 0.15) is 5.75 Å². The third-order valence-electron chi connectivity index (χ3n) is 2.81. The predicted molar refractivity (Wildman–Crippen MR) is 73.6 cm³/mol. The van der Waals surface area contributed by atoms with Crippen LogP contribution in [-0.2, 0) is 6.42 Å². The van der Waals surface area contributed by atoms with E-state index < -0.39 is 0 Å². The normalized spacial score (nSPS) is 12.8. The van der Waals surface area contributed by atoms with Gasteiger partial charge in [0.2, 0.25) is 0 Å². The first kappa shape index (κ1) is 14.0. The molecule has 0 aliphatic carbocycles. The molecule has 1 unspecified atom stereocenters. The third kappa shape index (κ3) is 5.22. The Bertz CT molecular complexity index is 322. The van der Waals surface area contributed by atoms with Crippen LogP contribution in [-0.4, -0.2) is 20.2 Å². The van der Waals surface area contributed by atoms with Gasteiger partial charge in [-0.3, -0.25) is 0 Å². The monoisotopic (exact) mass is 235 g/mol. The fourth-order valence-corrected chi connectivity index (χ4v) is 1.94. The molecule has 96 valence electrons. The van der Waals surface area contributed by atoms with Crippen LogP contribution in [0.4, 0.5) is 0 Å². The van der Waals surface area contributed by atoms with Crippen molar-refractivity contribution in [3.63, 3.8) is 0 Å². The first-order valence-electron chi connectivity index (χ1n) is 6.46. The van der Waals surface area contributed by atoms with E-state index in [4.69, 9.17) is 4.74 Å². The van der Waals surface area contributed by atoms with Crippen LogP contribution in [0.25, 0.3) is 0 Å². The number of nitrogens with one attached hydrogen (secondary N) is 1. The molecule has 17 heavy (non-hydrogen) atoms. The summed E-state index contributed by atoms with van der Waals surface area (Å²) in [6.07, 6.45) is 1.06. The number of benzene rings is 1. The molecule has 0 amide bonds. The summed E-state index contributed by atoms with van der Waals surface area (Å²) in [4.78, 5) is 0. The summed E-state index contributed by atoms with van der Waals surface area (Å²) in [7, 11) is 1.74. The topological polar surface area (TPSA) is 21.3 Å². The largest absolute Gasteiger partial charge is 0.496 e. The lowest BCUT2D eigenvalue weighted by atomic mass is 10.00. The molecule has 0 aliphatic rings. The van der Waals surface area contributed by atoms with Crippen LogP contribution in [0.3, 0.4) is 0 Å². The minimum atomic E-state index is 0.630. The molecule has 0 saturated carbocycles. The van der Waals surface area contributed by atoms with E-state index in [0.717, 1.165) is 25.3 Å². The summed E-state index contributed by atoms with van der Waals surface area (Å²) >= 11 is 0. The van der Waals surface area contributed by atoms with Crippen molar-refractivity contribution in [3.8, 4) is 5.75 Å². The second-order valence-corrected chi connectivity index (χ2v) is 5.17. The van der Waals surface area contributed by atoms with E-state index in [9.17, 15) is 0 Å². The maximum atomic E-state index is 5.37. The highest BCUT2D eigenvalue weighted by atomic mass is 16.5. The lowest BCUT2D eigenvalue weighted by molar-refractivity contribution is 0.402. The van der Waals surface area contributed by atoms with Gasteiger partial charge in [-0.15, -0.1) is 0 Å². The molecule has 0 radical (unpaired) electrons. The average molecular weight is 235 g/mol. The van der Waals surface area contributed by atoms with Gasteiger partial charge in [0.15, 0.2) is 0 Å². The standard InChI is InChI=1S/C15H25NO/c1-12(2)10-16-11-13(3)9-14-7-5-6-8-15(14)17-4/h5-8,12-13,16H,9-11H2,1-4H3. The minimum absolute atomic E-state index is 0.630. The van der Waals surface area contributed by atoms with Crippen molar-refractivity contribution >= 4 is 0 Å². The van der Waals surface area contributed by atoms with Gasteiger partial charge in [0.25, 0.3) is 0 Å². The van der Waals surface area contributed by atoms with E-state index >= 15 is 0 Å². The molecule has 2 heteroatoms. The van der Waals surface area contributed by atoms with E-state index in [0.29, 0.717) is 11.8 Å². The molecule has 1 rings (SSSR count). The molecule has 0 aliphatic heterocycles. The molecule has 0 aromatic heterocycles. The van der Waals surface area contributed by atoms with Crippen molar-refractivity contribution in [1.29, 1.82) is 0 Å². The first-order chi connectivity index (χ1) is 8.13. The zero-order valence-electron chi connectivity index (χ0n) is 11.5. The van der Waals surface area contributed by atoms with Gasteiger partial charge in [0.05, 0.1) is 7.11 Å². The molecule has 0 saturated heterocycles. The minimum Gasteiger partial charge on any atom is -0.496 e. The number of rotatable bonds is 7. The molecule has 1 N–H and O–H groups in total. The number of ether oxygens (including phenoxy) is 1. The Labute approximate surface area is 105 Å². The van der Waals surface area contributed by atoms with Gasteiger partial charge >= 0.3 is 0 Å². The van der Waals surface area contributed by atoms with Crippen molar-refractivity contribution in [2.24, 2.45) is 11.8 Å². The van der Waals surface area contributed by atoms with E-state index in [1.54, 1.807) is 7.11 Å². The Morgan fingerprint density at radius 1 is 1.12 bits per heavy atom. The zero-order valence-corrected chi connectivity index (χ0v) is 11.5. The molecular formula is C15H25NO. The maximum Gasteiger partial charge on any atom is 0.122 e. The van der Waals surface area contributed by atoms with Crippen LogP contribution in [0.2, 0.25) is 0 Å². The van der Waals surface area contributed by atoms with E-state index in [1.807, 2.05) is 12.1 Å². The highest BCUT2D eigenvalue weighted by Crippen LogP contribution is 2.20. The highest BCUT2D eigenvalue weighted by molar-refractivity contribution is 5.33. The second-order valence-electron chi connectivity index (χ2n) is 5.17. The molecule has 2 nitrogen and oxygen atoms in total. The summed E-state index contributed by atoms with van der Waals surface area (Å²) in [6.45, 7) is 8.90. The smallest absolute Gasteiger partial charge is 0.122 e. The van der Waals surface area contributed by atoms with Crippen LogP contribution in [0.1, 0.15) is 26.3 Å². The number of methoxy groups -OCH3 is 1. The van der Waals surface area contributed by atoms with Crippen LogP contribution in [0, 0.1) is 11.8 Å². The molecule has 0 fully saturated rings. The fourth-order valence-electron chi connectivity index (χ4n) is 1.94. The Hall–Kier alpha value is -1.02. The molecule has 0 heterocycles. The van der Waals surface area contributed by atoms with Gasteiger partial charge in [-0.1, -0.05) is 39.0 Å². The van der Waals surface area contributed by atoms with Crippen LogP contribution in [0.15, 0.2) is 24.3 Å². The van der Waals surface area contributed by atoms with E-state index in [-0.39, 0.29) is 0 Å². The Balaban J connectivity index is 2.41. The Kier molecular flexibility index (Phi) is 6.06. The van der Waals surface area contributed by atoms with Crippen LogP contribution in [0.5, 0.6) is 5.75 Å². The van der Waals surface area contributed by atoms with Crippen molar-refractivity contribution < 1.29 is 4.74 Å². The predicted octanol–water partition coefficient (Wildman–Crippen LogP) is 3.12. The van der Waals surface area contributed by atoms with E-state index in [2.05, 4.69) is 38.2 Å². The number of para-hydroxylation sites is 1. The summed E-state index contributed by atoms with van der Waals surface area (Å²) in [5.74, 6) is 2.35. The van der Waals surface area contributed by atoms with Crippen molar-refractivity contribution in [2.45, 2.75) is 27.2 Å². The maximum absolute atomic E-state index is 5.37. The molecule has 1 atom stereocenters. The van der Waals surface area contributed by atoms with Gasteiger partial charge in [-0.05, 0) is 43.0 Å². The summed E-state index contributed by atoms with van der Waals surface area (Å²) in [5, 5.41) is 3.50. The Morgan fingerprint density at radius 2 is 1.82 bits per heavy atom. The van der Waals surface area contributed by atoms with Gasteiger partial charge in [-0.25, -0.2) is 0 Å². The molecule has 0 bridgehead atoms. The highest BCUT2D eigenvalue weighted by Gasteiger charge is 2.07. The molecule has 1 aromatic carbocycles. The summed E-state index contributed by atoms with van der Waals surface area (Å²) in [6, 6.07) is 8.28. The number of hydrogen-bond donors (Lipinski definition) is 1. The zero-order chi connectivity index (χ0) is 12.7. The SMILES string of the molecule is COc1ccccc1CC(C)CNCC(C)C. The summed E-state index contributed by atoms with van der Waals surface area (Å²) < 4.78 is 5.37. The lowest BCUT2D eigenvalue weighted by Crippen LogP contribution is -2.26. The molecule has 0 spiro atoms. The first-order valence-corrected chi connectivity index (χ1v) is 6.46. The van der Waals surface area contributed by atoms with Crippen molar-refractivity contribution in [3.05, 3.63) is 29.8 Å². The molecule has 1 aromatic rings. The van der Waals surface area contributed by atoms with Gasteiger partial charge < -0.3 is 10.1 Å². The Morgan fingerprint density at radius 3 is 2.47 bits per heavy atom. The van der Waals surface area contributed by atoms with Crippen LogP contribution < -0.4 is 10.1 Å². The van der Waals surface area contributed by atoms with E-state index in [1.165, 1.54) is 5.56 Å². The third-order valence-corrected chi connectivity index (χ3v) is 2.81. The second kappa shape index (κ2) is 7.33. The van der Waals surface area contributed by atoms with Gasteiger partial charge in [0, 0.05) is 0 Å². The summed E-state index contributed by atoms with van der Waals surface area (Å²) in [5.41, 5.74) is 1.30. The van der Waals surface area contributed by atoms with Gasteiger partial charge in [-0.2, -0.15) is 0 Å². The van der Waals surface area contributed by atoms with Crippen molar-refractivity contribution in [2.75, 3.05) is 20.2 Å². The number of hydrogen-bond acceptors (Lipinski definition) is 2. The quantitative estimate of drug-likeness (QED) is 0.784. The van der Waals surface area contributed by atoms with Crippen LogP contribution >= 0.6 is 0 Å². The fraction of sp³-hybridized carbons (Fsp3) is 0.600.